The van der Waals surface area contributed by atoms with E-state index < -0.39 is 0 Å². The summed E-state index contributed by atoms with van der Waals surface area (Å²) in [6, 6.07) is 4.02. The maximum atomic E-state index is 8.73. The van der Waals surface area contributed by atoms with Crippen LogP contribution in [0.15, 0.2) is 12.1 Å². The molecule has 1 atom stereocenters. The summed E-state index contributed by atoms with van der Waals surface area (Å²) in [5, 5.41) is 11.9. The largest absolute Gasteiger partial charge is 0.395 e. The number of thiophene rings is 1. The number of aliphatic hydroxyl groups is 1. The Kier molecular flexibility index (Phi) is 4.01. The van der Waals surface area contributed by atoms with Crippen molar-refractivity contribution in [3.63, 3.8) is 0 Å². The minimum absolute atomic E-state index is 0.144. The van der Waals surface area contributed by atoms with Crippen LogP contribution in [0.2, 0.25) is 4.34 Å². The van der Waals surface area contributed by atoms with Gasteiger partial charge in [-0.05, 0) is 19.1 Å². The van der Waals surface area contributed by atoms with Crippen molar-refractivity contribution in [3.05, 3.63) is 21.3 Å². The van der Waals surface area contributed by atoms with Crippen LogP contribution < -0.4 is 5.32 Å². The molecule has 0 unspecified atom stereocenters. The molecule has 1 aromatic rings. The molecule has 1 aromatic heterocycles. The van der Waals surface area contributed by atoms with Gasteiger partial charge in [-0.25, -0.2) is 0 Å². The zero-order valence-electron chi connectivity index (χ0n) is 6.88. The van der Waals surface area contributed by atoms with Gasteiger partial charge in [0.2, 0.25) is 0 Å². The second kappa shape index (κ2) is 4.82. The summed E-state index contributed by atoms with van der Waals surface area (Å²) in [4.78, 5) is 1.19. The van der Waals surface area contributed by atoms with E-state index in [1.807, 2.05) is 19.1 Å². The standard InChI is InChI=1S/C8H12ClNOS/c1-6(5-11)10-4-7-2-3-8(9)12-7/h2-3,6,10-11H,4-5H2,1H3/t6-/m0/s1. The average Bonchev–Trinajstić information content (AvgIpc) is 2.47. The normalized spacial score (nSPS) is 13.2. The number of halogens is 1. The first kappa shape index (κ1) is 9.99. The van der Waals surface area contributed by atoms with E-state index in [0.717, 1.165) is 10.9 Å². The van der Waals surface area contributed by atoms with Crippen molar-refractivity contribution < 1.29 is 5.11 Å². The summed E-state index contributed by atoms with van der Waals surface area (Å²) in [7, 11) is 0. The summed E-state index contributed by atoms with van der Waals surface area (Å²) >= 11 is 7.31. The highest BCUT2D eigenvalue weighted by Gasteiger charge is 2.00. The molecule has 0 aliphatic heterocycles. The second-order valence-corrected chi connectivity index (χ2v) is 4.47. The van der Waals surface area contributed by atoms with Crippen LogP contribution >= 0.6 is 22.9 Å². The quantitative estimate of drug-likeness (QED) is 0.787. The molecule has 0 spiro atoms. The zero-order valence-corrected chi connectivity index (χ0v) is 8.45. The Balaban J connectivity index is 2.33. The van der Waals surface area contributed by atoms with Crippen molar-refractivity contribution in [3.8, 4) is 0 Å². The van der Waals surface area contributed by atoms with Gasteiger partial charge in [-0.3, -0.25) is 0 Å². The lowest BCUT2D eigenvalue weighted by Crippen LogP contribution is -2.28. The van der Waals surface area contributed by atoms with Crippen molar-refractivity contribution >= 4 is 22.9 Å². The molecule has 1 heterocycles. The van der Waals surface area contributed by atoms with Gasteiger partial charge in [-0.2, -0.15) is 0 Å². The van der Waals surface area contributed by atoms with E-state index in [1.165, 1.54) is 4.88 Å². The van der Waals surface area contributed by atoms with Gasteiger partial charge in [0.15, 0.2) is 0 Å². The Labute approximate surface area is 81.2 Å². The first-order valence-electron chi connectivity index (χ1n) is 3.81. The monoisotopic (exact) mass is 205 g/mol. The van der Waals surface area contributed by atoms with Crippen LogP contribution in [0.25, 0.3) is 0 Å². The van der Waals surface area contributed by atoms with Crippen LogP contribution in [-0.2, 0) is 6.54 Å². The third-order valence-corrected chi connectivity index (χ3v) is 2.76. The Morgan fingerprint density at radius 2 is 2.42 bits per heavy atom. The van der Waals surface area contributed by atoms with Crippen molar-refractivity contribution in [1.29, 1.82) is 0 Å². The van der Waals surface area contributed by atoms with Crippen LogP contribution in [0.1, 0.15) is 11.8 Å². The fraction of sp³-hybridized carbons (Fsp3) is 0.500. The van der Waals surface area contributed by atoms with Gasteiger partial charge in [-0.1, -0.05) is 11.6 Å². The number of nitrogens with one attached hydrogen (secondary N) is 1. The van der Waals surface area contributed by atoms with Crippen molar-refractivity contribution in [2.45, 2.75) is 19.5 Å². The minimum Gasteiger partial charge on any atom is -0.395 e. The summed E-state index contributed by atoms with van der Waals surface area (Å²) in [6.45, 7) is 2.88. The molecule has 2 N–H and O–H groups in total. The van der Waals surface area contributed by atoms with Crippen LogP contribution in [0.5, 0.6) is 0 Å². The zero-order chi connectivity index (χ0) is 8.97. The van der Waals surface area contributed by atoms with E-state index in [2.05, 4.69) is 5.32 Å². The first-order chi connectivity index (χ1) is 5.72. The molecule has 0 aliphatic carbocycles. The van der Waals surface area contributed by atoms with Crippen molar-refractivity contribution in [2.24, 2.45) is 0 Å². The maximum Gasteiger partial charge on any atom is 0.0931 e. The molecule has 12 heavy (non-hydrogen) atoms. The molecule has 68 valence electrons. The SMILES string of the molecule is C[C@@H](CO)NCc1ccc(Cl)s1. The van der Waals surface area contributed by atoms with Crippen molar-refractivity contribution in [1.82, 2.24) is 5.32 Å². The molecule has 0 aromatic carbocycles. The highest BCUT2D eigenvalue weighted by Crippen LogP contribution is 2.20. The van der Waals surface area contributed by atoms with Gasteiger partial charge in [0.1, 0.15) is 0 Å². The predicted molar refractivity (Wildman–Crippen MR) is 52.7 cm³/mol. The molecule has 0 saturated heterocycles. The van der Waals surface area contributed by atoms with Gasteiger partial charge < -0.3 is 10.4 Å². The highest BCUT2D eigenvalue weighted by molar-refractivity contribution is 7.16. The van der Waals surface area contributed by atoms with E-state index in [4.69, 9.17) is 16.7 Å². The van der Waals surface area contributed by atoms with Crippen LogP contribution in [0, 0.1) is 0 Å². The predicted octanol–water partition coefficient (Wildman–Crippen LogP) is 1.87. The first-order valence-corrected chi connectivity index (χ1v) is 5.00. The Hall–Kier alpha value is -0.0900. The third-order valence-electron chi connectivity index (χ3n) is 1.53. The smallest absolute Gasteiger partial charge is 0.0931 e. The molecule has 0 amide bonds. The average molecular weight is 206 g/mol. The van der Waals surface area contributed by atoms with E-state index in [9.17, 15) is 0 Å². The lowest BCUT2D eigenvalue weighted by molar-refractivity contribution is 0.251. The molecule has 0 bridgehead atoms. The van der Waals surface area contributed by atoms with E-state index >= 15 is 0 Å². The van der Waals surface area contributed by atoms with Gasteiger partial charge in [0.25, 0.3) is 0 Å². The molecule has 0 radical (unpaired) electrons. The van der Waals surface area contributed by atoms with E-state index in [1.54, 1.807) is 11.3 Å². The molecule has 0 aliphatic rings. The lowest BCUT2D eigenvalue weighted by Gasteiger charge is -2.08. The topological polar surface area (TPSA) is 32.3 Å². The van der Waals surface area contributed by atoms with Gasteiger partial charge in [0, 0.05) is 17.5 Å². The Morgan fingerprint density at radius 3 is 2.92 bits per heavy atom. The summed E-state index contributed by atoms with van der Waals surface area (Å²) in [5.74, 6) is 0. The summed E-state index contributed by atoms with van der Waals surface area (Å²) < 4.78 is 0.809. The summed E-state index contributed by atoms with van der Waals surface area (Å²) in [5.41, 5.74) is 0. The highest BCUT2D eigenvalue weighted by atomic mass is 35.5. The van der Waals surface area contributed by atoms with E-state index in [-0.39, 0.29) is 12.6 Å². The third kappa shape index (κ3) is 3.11. The molecule has 1 rings (SSSR count). The fourth-order valence-corrected chi connectivity index (χ4v) is 1.82. The molecule has 0 saturated carbocycles. The van der Waals surface area contributed by atoms with Crippen LogP contribution in [0.3, 0.4) is 0 Å². The fourth-order valence-electron chi connectivity index (χ4n) is 0.786. The van der Waals surface area contributed by atoms with Gasteiger partial charge in [0.05, 0.1) is 10.9 Å². The van der Waals surface area contributed by atoms with Crippen LogP contribution in [-0.4, -0.2) is 17.8 Å². The lowest BCUT2D eigenvalue weighted by atomic mass is 10.3. The maximum absolute atomic E-state index is 8.73. The second-order valence-electron chi connectivity index (χ2n) is 2.67. The molecule has 0 fully saturated rings. The van der Waals surface area contributed by atoms with Crippen LogP contribution in [0.4, 0.5) is 0 Å². The molecule has 4 heteroatoms. The number of aliphatic hydroxyl groups excluding tert-OH is 1. The number of hydrogen-bond donors (Lipinski definition) is 2. The molecule has 2 nitrogen and oxygen atoms in total. The van der Waals surface area contributed by atoms with Gasteiger partial charge >= 0.3 is 0 Å². The Morgan fingerprint density at radius 1 is 1.67 bits per heavy atom. The molecular formula is C8H12ClNOS. The summed E-state index contributed by atoms with van der Waals surface area (Å²) in [6.07, 6.45) is 0. The minimum atomic E-state index is 0.144. The number of rotatable bonds is 4. The number of hydrogen-bond acceptors (Lipinski definition) is 3. The van der Waals surface area contributed by atoms with Gasteiger partial charge in [-0.15, -0.1) is 11.3 Å². The molecular weight excluding hydrogens is 194 g/mol. The van der Waals surface area contributed by atoms with E-state index in [0.29, 0.717) is 0 Å². The Bertz CT molecular complexity index is 239. The van der Waals surface area contributed by atoms with Crippen molar-refractivity contribution in [2.75, 3.05) is 6.61 Å².